The molecule has 2 fully saturated rings. The number of nitrogens with two attached hydrogens (primary N) is 1. The molecule has 0 radical (unpaired) electrons. The first-order valence-electron chi connectivity index (χ1n) is 14.7. The van der Waals surface area contributed by atoms with Crippen LogP contribution in [0.2, 0.25) is 0 Å². The molecule has 12 heteroatoms. The fraction of sp³-hybridized carbons (Fsp3) is 0.600. The van der Waals surface area contributed by atoms with Crippen LogP contribution in [0.1, 0.15) is 66.6 Å². The van der Waals surface area contributed by atoms with Crippen molar-refractivity contribution in [2.75, 3.05) is 48.9 Å². The van der Waals surface area contributed by atoms with Gasteiger partial charge in [-0.1, -0.05) is 31.4 Å². The van der Waals surface area contributed by atoms with Gasteiger partial charge in [0, 0.05) is 31.8 Å². The number of nitrogen functional groups attached to an aromatic ring is 1. The number of imidazole rings is 1. The van der Waals surface area contributed by atoms with E-state index in [2.05, 4.69) is 4.90 Å². The summed E-state index contributed by atoms with van der Waals surface area (Å²) < 4.78 is 72.4. The van der Waals surface area contributed by atoms with Crippen LogP contribution in [0.4, 0.5) is 24.7 Å². The number of ether oxygens (including phenoxy) is 1. The van der Waals surface area contributed by atoms with Crippen molar-refractivity contribution in [2.24, 2.45) is 11.8 Å². The van der Waals surface area contributed by atoms with Crippen molar-refractivity contribution in [2.45, 2.75) is 64.5 Å². The van der Waals surface area contributed by atoms with Gasteiger partial charge in [0.2, 0.25) is 0 Å². The van der Waals surface area contributed by atoms with E-state index in [9.17, 15) is 21.6 Å². The van der Waals surface area contributed by atoms with Gasteiger partial charge in [0.15, 0.2) is 11.5 Å². The van der Waals surface area contributed by atoms with Crippen molar-refractivity contribution in [3.05, 3.63) is 52.3 Å². The Morgan fingerprint density at radius 2 is 1.76 bits per heavy atom. The highest BCUT2D eigenvalue weighted by Crippen LogP contribution is 2.35. The normalized spacial score (nSPS) is 20.9. The van der Waals surface area contributed by atoms with Crippen LogP contribution < -0.4 is 10.6 Å². The first-order valence-corrected chi connectivity index (χ1v) is 16.8. The van der Waals surface area contributed by atoms with Gasteiger partial charge in [-0.25, -0.2) is 17.9 Å². The number of morpholine rings is 1. The average Bonchev–Trinajstić information content (AvgIpc) is 3.25. The van der Waals surface area contributed by atoms with Crippen molar-refractivity contribution < 1.29 is 26.3 Å². The molecule has 5 rings (SSSR count). The maximum atomic E-state index is 13.8. The van der Waals surface area contributed by atoms with Gasteiger partial charge < -0.3 is 15.4 Å². The molecule has 0 amide bonds. The molecule has 1 saturated heterocycles. The number of rotatable bonds is 7. The average molecular weight is 608 g/mol. The van der Waals surface area contributed by atoms with E-state index in [-0.39, 0.29) is 29.6 Å². The molecule has 42 heavy (non-hydrogen) atoms. The fourth-order valence-corrected chi connectivity index (χ4v) is 7.66. The van der Waals surface area contributed by atoms with Crippen LogP contribution in [-0.2, 0) is 33.6 Å². The van der Waals surface area contributed by atoms with Crippen LogP contribution in [0.25, 0.3) is 5.65 Å². The lowest BCUT2D eigenvalue weighted by Gasteiger charge is -2.28. The summed E-state index contributed by atoms with van der Waals surface area (Å²) >= 11 is 0. The fourth-order valence-electron chi connectivity index (χ4n) is 6.47. The Kier molecular flexibility index (Phi) is 9.03. The third-order valence-corrected chi connectivity index (χ3v) is 9.78. The smallest absolute Gasteiger partial charge is 0.396 e. The number of sulfone groups is 1. The van der Waals surface area contributed by atoms with E-state index < -0.39 is 21.6 Å². The zero-order chi connectivity index (χ0) is 30.1. The van der Waals surface area contributed by atoms with Crippen LogP contribution in [0, 0.1) is 18.8 Å². The molecule has 1 aromatic carbocycles. The lowest BCUT2D eigenvalue weighted by Crippen LogP contribution is -2.37. The molecule has 3 heterocycles. The quantitative estimate of drug-likeness (QED) is 0.392. The Hall–Kier alpha value is -2.86. The number of alkyl halides is 3. The van der Waals surface area contributed by atoms with Gasteiger partial charge in [-0.05, 0) is 61.6 Å². The highest BCUT2D eigenvalue weighted by molar-refractivity contribution is 7.90. The van der Waals surface area contributed by atoms with E-state index in [1.165, 1.54) is 19.2 Å². The van der Waals surface area contributed by atoms with Gasteiger partial charge in [0.05, 0.1) is 41.6 Å². The third kappa shape index (κ3) is 7.19. The van der Waals surface area contributed by atoms with E-state index in [0.29, 0.717) is 55.4 Å². The van der Waals surface area contributed by atoms with E-state index in [0.717, 1.165) is 56.0 Å². The predicted molar refractivity (Wildman–Crippen MR) is 158 cm³/mol. The Balaban J connectivity index is 1.52. The van der Waals surface area contributed by atoms with Gasteiger partial charge in [-0.3, -0.25) is 0 Å². The number of nitrogens with zero attached hydrogens (tertiary/aromatic N) is 4. The maximum Gasteiger partial charge on any atom is 0.416 e. The van der Waals surface area contributed by atoms with Gasteiger partial charge in [0.1, 0.15) is 9.84 Å². The number of anilines is 2. The summed E-state index contributed by atoms with van der Waals surface area (Å²) in [5.74, 6) is 1.31. The molecule has 2 aliphatic rings. The number of hydrogen-bond donors (Lipinski definition) is 1. The Morgan fingerprint density at radius 3 is 2.45 bits per heavy atom. The molecule has 1 aliphatic heterocycles. The molecule has 2 atom stereocenters. The number of aromatic nitrogens is 3. The molecule has 230 valence electrons. The van der Waals surface area contributed by atoms with Gasteiger partial charge in [-0.15, -0.1) is 5.10 Å². The van der Waals surface area contributed by atoms with Crippen LogP contribution in [0.15, 0.2) is 24.3 Å². The molecule has 2 aromatic heterocycles. The zero-order valence-electron chi connectivity index (χ0n) is 24.3. The highest BCUT2D eigenvalue weighted by Gasteiger charge is 2.33. The van der Waals surface area contributed by atoms with Crippen LogP contribution in [-0.4, -0.2) is 61.3 Å². The third-order valence-electron chi connectivity index (χ3n) is 8.70. The van der Waals surface area contributed by atoms with Crippen molar-refractivity contribution in [1.29, 1.82) is 0 Å². The summed E-state index contributed by atoms with van der Waals surface area (Å²) in [4.78, 5) is 7.03. The van der Waals surface area contributed by atoms with Gasteiger partial charge in [0.25, 0.3) is 0 Å². The lowest BCUT2D eigenvalue weighted by molar-refractivity contribution is -0.138. The second-order valence-corrected chi connectivity index (χ2v) is 14.1. The van der Waals surface area contributed by atoms with E-state index in [1.807, 2.05) is 6.07 Å². The molecular weight excluding hydrogens is 567 g/mol. The van der Waals surface area contributed by atoms with Crippen molar-refractivity contribution >= 4 is 27.0 Å². The van der Waals surface area contributed by atoms with Crippen LogP contribution in [0.3, 0.4) is 0 Å². The molecule has 2 N–H and O–H groups in total. The zero-order valence-corrected chi connectivity index (χ0v) is 25.1. The van der Waals surface area contributed by atoms with Gasteiger partial charge >= 0.3 is 6.18 Å². The minimum atomic E-state index is -4.45. The minimum absolute atomic E-state index is 0.143. The van der Waals surface area contributed by atoms with Gasteiger partial charge in [-0.2, -0.15) is 13.2 Å². The Bertz CT molecular complexity index is 1520. The molecule has 8 nitrogen and oxygen atoms in total. The molecule has 0 bridgehead atoms. The first-order chi connectivity index (χ1) is 19.9. The first kappa shape index (κ1) is 30.6. The number of fused-ring (bicyclic) bond motifs is 1. The second kappa shape index (κ2) is 12.4. The summed E-state index contributed by atoms with van der Waals surface area (Å²) in [5, 5.41) is 4.91. The standard InChI is InChI=1S/C30H40F3N5O3S/c1-20-23(8-5-9-24(20)30(31,32)33)17-27-26(16-21-6-3-4-7-22(11-10-21)19-42(2,39)40)35-29-25(34)18-28(36-38(27)29)37-12-14-41-15-13-37/h5,8-9,18,21-22H,3-4,6-7,10-17,19,34H2,1-2H3. The van der Waals surface area contributed by atoms with E-state index >= 15 is 0 Å². The highest BCUT2D eigenvalue weighted by atomic mass is 32.2. The minimum Gasteiger partial charge on any atom is -0.396 e. The largest absolute Gasteiger partial charge is 0.416 e. The monoisotopic (exact) mass is 607 g/mol. The summed E-state index contributed by atoms with van der Waals surface area (Å²) in [5.41, 5.74) is 9.13. The molecule has 2 unspecified atom stereocenters. The summed E-state index contributed by atoms with van der Waals surface area (Å²) in [6.07, 6.45) is 3.30. The Morgan fingerprint density at radius 1 is 1.07 bits per heavy atom. The van der Waals surface area contributed by atoms with Crippen LogP contribution >= 0.6 is 0 Å². The second-order valence-electron chi connectivity index (χ2n) is 12.0. The number of benzene rings is 1. The molecule has 0 spiro atoms. The lowest BCUT2D eigenvalue weighted by atomic mass is 9.83. The summed E-state index contributed by atoms with van der Waals surface area (Å²) in [6, 6.07) is 6.10. The van der Waals surface area contributed by atoms with Crippen molar-refractivity contribution in [1.82, 2.24) is 14.6 Å². The summed E-state index contributed by atoms with van der Waals surface area (Å²) in [7, 11) is -3.05. The number of hydrogen-bond acceptors (Lipinski definition) is 7. The molecule has 3 aromatic rings. The maximum absolute atomic E-state index is 13.8. The Labute approximate surface area is 245 Å². The van der Waals surface area contributed by atoms with E-state index in [4.69, 9.17) is 20.6 Å². The van der Waals surface area contributed by atoms with Crippen LogP contribution in [0.5, 0.6) is 0 Å². The summed E-state index contributed by atoms with van der Waals surface area (Å²) in [6.45, 7) is 4.00. The molecule has 1 aliphatic carbocycles. The van der Waals surface area contributed by atoms with Crippen molar-refractivity contribution in [3.8, 4) is 0 Å². The van der Waals surface area contributed by atoms with Crippen molar-refractivity contribution in [3.63, 3.8) is 0 Å². The SMILES string of the molecule is Cc1c(Cc2c(CC3CCCCC(CS(C)(=O)=O)CC3)nc3c(N)cc(N4CCOCC4)nn23)cccc1C(F)(F)F. The topological polar surface area (TPSA) is 103 Å². The predicted octanol–water partition coefficient (Wildman–Crippen LogP) is 5.24. The van der Waals surface area contributed by atoms with E-state index in [1.54, 1.807) is 10.6 Å². The molecule has 1 saturated carbocycles. The number of halogens is 3. The molecular formula is C30H40F3N5O3S.